The lowest BCUT2D eigenvalue weighted by atomic mass is 10.2. The number of para-hydroxylation sites is 2. The molecule has 1 aromatic heterocycles. The zero-order valence-corrected chi connectivity index (χ0v) is 15.5. The Morgan fingerprint density at radius 1 is 1.36 bits per heavy atom. The Labute approximate surface area is 156 Å². The number of nitrogens with one attached hydrogen (secondary N) is 1. The van der Waals surface area contributed by atoms with Crippen LogP contribution >= 0.6 is 24.0 Å². The van der Waals surface area contributed by atoms with Gasteiger partial charge in [-0.15, -0.1) is 0 Å². The molecule has 1 fully saturated rings. The molecule has 2 aromatic rings. The maximum atomic E-state index is 10.4. The fourth-order valence-electron chi connectivity index (χ4n) is 2.61. The molecule has 130 valence electrons. The number of rotatable bonds is 3. The lowest BCUT2D eigenvalue weighted by Gasteiger charge is -2.33. The smallest absolute Gasteiger partial charge is 0.152 e. The molecule has 1 aliphatic rings. The van der Waals surface area contributed by atoms with Crippen molar-refractivity contribution in [3.8, 4) is 6.07 Å². The molecule has 2 heterocycles. The van der Waals surface area contributed by atoms with E-state index in [-0.39, 0.29) is 17.1 Å². The number of aliphatic hydroxyl groups excluding tert-OH is 1. The SMILES string of the molecule is CN1CCN(C(=S)SC/C(O)=C(\C#N)c2nc3ccccc3[nH]2)CC1. The van der Waals surface area contributed by atoms with Crippen molar-refractivity contribution in [2.45, 2.75) is 0 Å². The Morgan fingerprint density at radius 3 is 2.76 bits per heavy atom. The standard InChI is InChI=1S/C17H19N5OS2/c1-21-6-8-22(9-7-21)17(24)25-11-15(23)12(10-18)16-19-13-4-2-3-5-14(13)20-16/h2-5,23H,6-9,11H2,1H3,(H,19,20)/b15-12-. The first-order valence-corrected chi connectivity index (χ1v) is 9.35. The van der Waals surface area contributed by atoms with E-state index in [2.05, 4.69) is 26.8 Å². The van der Waals surface area contributed by atoms with Crippen LogP contribution in [0.25, 0.3) is 16.6 Å². The molecular weight excluding hydrogens is 354 g/mol. The molecule has 0 saturated carbocycles. The summed E-state index contributed by atoms with van der Waals surface area (Å²) in [5.74, 6) is 0.626. The van der Waals surface area contributed by atoms with Crippen molar-refractivity contribution < 1.29 is 5.11 Å². The number of piperazine rings is 1. The van der Waals surface area contributed by atoms with Gasteiger partial charge in [0.25, 0.3) is 0 Å². The van der Waals surface area contributed by atoms with Crippen LogP contribution in [0.1, 0.15) is 5.82 Å². The van der Waals surface area contributed by atoms with Crippen LogP contribution in [0.15, 0.2) is 30.0 Å². The number of aliphatic hydroxyl groups is 1. The topological polar surface area (TPSA) is 79.2 Å². The van der Waals surface area contributed by atoms with Gasteiger partial charge in [0, 0.05) is 26.2 Å². The number of fused-ring (bicyclic) bond motifs is 1. The van der Waals surface area contributed by atoms with Crippen LogP contribution in [0.5, 0.6) is 0 Å². The van der Waals surface area contributed by atoms with E-state index in [1.807, 2.05) is 30.3 Å². The summed E-state index contributed by atoms with van der Waals surface area (Å²) in [4.78, 5) is 11.8. The van der Waals surface area contributed by atoms with Gasteiger partial charge in [0.2, 0.25) is 0 Å². The first-order valence-electron chi connectivity index (χ1n) is 7.96. The fourth-order valence-corrected chi connectivity index (χ4v) is 3.74. The number of nitrogens with zero attached hydrogens (tertiary/aromatic N) is 4. The van der Waals surface area contributed by atoms with E-state index in [0.717, 1.165) is 41.5 Å². The van der Waals surface area contributed by atoms with Crippen LogP contribution in [0, 0.1) is 11.3 Å². The summed E-state index contributed by atoms with van der Waals surface area (Å²) in [6.07, 6.45) is 0. The van der Waals surface area contributed by atoms with E-state index in [0.29, 0.717) is 5.82 Å². The van der Waals surface area contributed by atoms with Gasteiger partial charge in [-0.3, -0.25) is 0 Å². The van der Waals surface area contributed by atoms with Gasteiger partial charge >= 0.3 is 0 Å². The molecule has 0 aliphatic carbocycles. The number of aromatic nitrogens is 2. The minimum Gasteiger partial charge on any atom is -0.510 e. The molecule has 0 amide bonds. The average molecular weight is 374 g/mol. The minimum absolute atomic E-state index is 0.0111. The van der Waals surface area contributed by atoms with Crippen LogP contribution in [-0.4, -0.2) is 68.2 Å². The molecule has 0 spiro atoms. The second kappa shape index (κ2) is 7.87. The third-order valence-electron chi connectivity index (χ3n) is 4.12. The molecule has 0 bridgehead atoms. The van der Waals surface area contributed by atoms with E-state index in [1.54, 1.807) is 0 Å². The first kappa shape index (κ1) is 17.7. The Bertz CT molecular complexity index is 813. The minimum atomic E-state index is -0.0111. The van der Waals surface area contributed by atoms with Crippen LogP contribution in [0.4, 0.5) is 0 Å². The number of imidazole rings is 1. The highest BCUT2D eigenvalue weighted by Gasteiger charge is 2.18. The van der Waals surface area contributed by atoms with Gasteiger partial charge in [-0.1, -0.05) is 36.1 Å². The summed E-state index contributed by atoms with van der Waals surface area (Å²) < 4.78 is 0.751. The molecule has 0 unspecified atom stereocenters. The van der Waals surface area contributed by atoms with Gasteiger partial charge in [-0.05, 0) is 19.2 Å². The van der Waals surface area contributed by atoms with Crippen LogP contribution in [-0.2, 0) is 0 Å². The maximum absolute atomic E-state index is 10.4. The largest absolute Gasteiger partial charge is 0.510 e. The highest BCUT2D eigenvalue weighted by molar-refractivity contribution is 8.23. The van der Waals surface area contributed by atoms with Crippen LogP contribution in [0.3, 0.4) is 0 Å². The van der Waals surface area contributed by atoms with Crippen molar-refractivity contribution >= 4 is 44.9 Å². The van der Waals surface area contributed by atoms with Gasteiger partial charge in [0.15, 0.2) is 5.82 Å². The van der Waals surface area contributed by atoms with Crippen molar-refractivity contribution in [3.63, 3.8) is 0 Å². The highest BCUT2D eigenvalue weighted by Crippen LogP contribution is 2.22. The van der Waals surface area contributed by atoms with E-state index < -0.39 is 0 Å². The van der Waals surface area contributed by atoms with E-state index in [9.17, 15) is 10.4 Å². The molecular formula is C17H19N5OS2. The Kier molecular flexibility index (Phi) is 5.58. The number of benzene rings is 1. The lowest BCUT2D eigenvalue weighted by Crippen LogP contribution is -2.45. The Morgan fingerprint density at radius 2 is 2.08 bits per heavy atom. The molecule has 0 radical (unpaired) electrons. The van der Waals surface area contributed by atoms with Gasteiger partial charge in [0.05, 0.1) is 16.8 Å². The summed E-state index contributed by atoms with van der Waals surface area (Å²) in [6, 6.07) is 9.57. The number of thiocarbonyl (C=S) groups is 1. The first-order chi connectivity index (χ1) is 12.1. The van der Waals surface area contributed by atoms with E-state index >= 15 is 0 Å². The van der Waals surface area contributed by atoms with Crippen molar-refractivity contribution in [1.29, 1.82) is 5.26 Å². The summed E-state index contributed by atoms with van der Waals surface area (Å²) in [6.45, 7) is 3.74. The third-order valence-corrected chi connectivity index (χ3v) is 5.66. The molecule has 3 rings (SSSR count). The average Bonchev–Trinajstić information content (AvgIpc) is 3.04. The van der Waals surface area contributed by atoms with Gasteiger partial charge < -0.3 is 19.9 Å². The molecule has 8 heteroatoms. The molecule has 2 N–H and O–H groups in total. The number of hydrogen-bond donors (Lipinski definition) is 2. The second-order valence-corrected chi connectivity index (χ2v) is 7.49. The maximum Gasteiger partial charge on any atom is 0.152 e. The summed E-state index contributed by atoms with van der Waals surface area (Å²) in [5, 5.41) is 19.8. The van der Waals surface area contributed by atoms with Crippen LogP contribution in [0.2, 0.25) is 0 Å². The summed E-state index contributed by atoms with van der Waals surface area (Å²) >= 11 is 6.83. The lowest BCUT2D eigenvalue weighted by molar-refractivity contribution is 0.220. The van der Waals surface area contributed by atoms with E-state index in [1.165, 1.54) is 11.8 Å². The molecule has 6 nitrogen and oxygen atoms in total. The van der Waals surface area contributed by atoms with Crippen LogP contribution < -0.4 is 0 Å². The second-order valence-electron chi connectivity index (χ2n) is 5.88. The van der Waals surface area contributed by atoms with Gasteiger partial charge in [-0.2, -0.15) is 5.26 Å². The highest BCUT2D eigenvalue weighted by atomic mass is 32.2. The molecule has 25 heavy (non-hydrogen) atoms. The zero-order chi connectivity index (χ0) is 17.8. The predicted octanol–water partition coefficient (Wildman–Crippen LogP) is 2.62. The third kappa shape index (κ3) is 4.12. The normalized spacial score (nSPS) is 16.6. The number of thioether (sulfide) groups is 1. The van der Waals surface area contributed by atoms with Gasteiger partial charge in [0.1, 0.15) is 21.7 Å². The number of hydrogen-bond acceptors (Lipinski definition) is 6. The van der Waals surface area contributed by atoms with Crippen molar-refractivity contribution in [2.24, 2.45) is 0 Å². The zero-order valence-electron chi connectivity index (χ0n) is 13.9. The number of nitriles is 1. The predicted molar refractivity (Wildman–Crippen MR) is 105 cm³/mol. The van der Waals surface area contributed by atoms with Crippen molar-refractivity contribution in [1.82, 2.24) is 19.8 Å². The molecule has 1 saturated heterocycles. The monoisotopic (exact) mass is 373 g/mol. The molecule has 1 aliphatic heterocycles. The number of likely N-dealkylation sites (N-methyl/N-ethyl adjacent to an activating group) is 1. The number of H-pyrrole nitrogens is 1. The number of allylic oxidation sites excluding steroid dienone is 1. The summed E-state index contributed by atoms with van der Waals surface area (Å²) in [7, 11) is 2.09. The van der Waals surface area contributed by atoms with Gasteiger partial charge in [-0.25, -0.2) is 4.98 Å². The quantitative estimate of drug-likeness (QED) is 0.486. The molecule has 1 aromatic carbocycles. The summed E-state index contributed by atoms with van der Waals surface area (Å²) in [5.41, 5.74) is 1.75. The number of aromatic amines is 1. The van der Waals surface area contributed by atoms with E-state index in [4.69, 9.17) is 12.2 Å². The Hall–Kier alpha value is -2.08. The molecule has 0 atom stereocenters. The van der Waals surface area contributed by atoms with Crippen molar-refractivity contribution in [3.05, 3.63) is 35.8 Å². The Balaban J connectivity index is 1.69. The fraction of sp³-hybridized carbons (Fsp3) is 0.353. The van der Waals surface area contributed by atoms with Crippen molar-refractivity contribution in [2.75, 3.05) is 39.0 Å².